The molecule has 0 bridgehead atoms. The molecule has 2 aliphatic heterocycles. The second kappa shape index (κ2) is 5.64. The molecule has 0 unspecified atom stereocenters. The van der Waals surface area contributed by atoms with E-state index in [9.17, 15) is 19.7 Å². The topological polar surface area (TPSA) is 116 Å². The predicted octanol–water partition coefficient (Wildman–Crippen LogP) is 1.28. The van der Waals surface area contributed by atoms with E-state index >= 15 is 0 Å². The van der Waals surface area contributed by atoms with Crippen LogP contribution in [-0.4, -0.2) is 33.8 Å². The lowest BCUT2D eigenvalue weighted by atomic mass is 9.87. The van der Waals surface area contributed by atoms with Gasteiger partial charge in [-0.25, -0.2) is 4.79 Å². The van der Waals surface area contributed by atoms with Gasteiger partial charge < -0.3 is 10.5 Å². The van der Waals surface area contributed by atoms with Crippen LogP contribution in [0.15, 0.2) is 35.0 Å². The SMILES string of the molecule is N[C@@H]1C(=O)N2C(C(=O)Oc3ccc([N+](=O)[O-])cc3)=C(Cl)CC[C@H]12. The monoisotopic (exact) mass is 337 g/mol. The minimum absolute atomic E-state index is 0.00651. The molecule has 1 aromatic rings. The minimum Gasteiger partial charge on any atom is -0.422 e. The number of nitro groups is 1. The number of nitro benzene ring substituents is 1. The molecule has 0 radical (unpaired) electrons. The zero-order chi connectivity index (χ0) is 16.7. The van der Waals surface area contributed by atoms with E-state index in [1.807, 2.05) is 0 Å². The van der Waals surface area contributed by atoms with Crippen LogP contribution >= 0.6 is 11.6 Å². The number of halogens is 1. The lowest BCUT2D eigenvalue weighted by molar-refractivity contribution is -0.384. The molecule has 120 valence electrons. The van der Waals surface area contributed by atoms with E-state index < -0.39 is 16.9 Å². The van der Waals surface area contributed by atoms with Crippen LogP contribution in [0.4, 0.5) is 5.69 Å². The molecule has 0 aliphatic carbocycles. The number of benzene rings is 1. The van der Waals surface area contributed by atoms with E-state index in [4.69, 9.17) is 22.1 Å². The van der Waals surface area contributed by atoms with Crippen molar-refractivity contribution in [2.75, 3.05) is 0 Å². The minimum atomic E-state index is -0.784. The van der Waals surface area contributed by atoms with Crippen LogP contribution in [0, 0.1) is 10.1 Å². The molecular formula is C14H12ClN3O5. The van der Waals surface area contributed by atoms with Gasteiger partial charge in [-0.2, -0.15) is 0 Å². The molecule has 1 saturated heterocycles. The quantitative estimate of drug-likeness (QED) is 0.292. The second-order valence-electron chi connectivity index (χ2n) is 5.23. The highest BCUT2D eigenvalue weighted by molar-refractivity contribution is 6.32. The average molecular weight is 338 g/mol. The summed E-state index contributed by atoms with van der Waals surface area (Å²) >= 11 is 6.07. The molecule has 1 amide bonds. The van der Waals surface area contributed by atoms with Gasteiger partial charge in [0.1, 0.15) is 17.5 Å². The maximum Gasteiger partial charge on any atom is 0.361 e. The van der Waals surface area contributed by atoms with E-state index in [0.29, 0.717) is 12.8 Å². The third-order valence-electron chi connectivity index (χ3n) is 3.88. The smallest absolute Gasteiger partial charge is 0.361 e. The number of nitrogens with two attached hydrogens (primary N) is 1. The van der Waals surface area contributed by atoms with Gasteiger partial charge in [0.15, 0.2) is 0 Å². The standard InChI is InChI=1S/C14H12ClN3O5/c15-9-5-6-10-11(16)13(19)17(10)12(9)14(20)23-8-3-1-7(2-4-8)18(21)22/h1-4,10-11H,5-6,16H2/t10-,11+/m1/s1. The molecule has 0 saturated carbocycles. The van der Waals surface area contributed by atoms with Crippen molar-refractivity contribution in [1.82, 2.24) is 4.90 Å². The van der Waals surface area contributed by atoms with Crippen molar-refractivity contribution < 1.29 is 19.2 Å². The molecule has 8 nitrogen and oxygen atoms in total. The molecular weight excluding hydrogens is 326 g/mol. The van der Waals surface area contributed by atoms with Gasteiger partial charge >= 0.3 is 5.97 Å². The summed E-state index contributed by atoms with van der Waals surface area (Å²) in [7, 11) is 0. The van der Waals surface area contributed by atoms with Gasteiger partial charge in [0.25, 0.3) is 5.69 Å². The number of carbonyl (C=O) groups is 2. The summed E-state index contributed by atoms with van der Waals surface area (Å²) < 4.78 is 5.16. The maximum atomic E-state index is 12.3. The molecule has 1 fully saturated rings. The third kappa shape index (κ3) is 2.55. The second-order valence-corrected chi connectivity index (χ2v) is 5.69. The Morgan fingerprint density at radius 2 is 2.04 bits per heavy atom. The number of ether oxygens (including phenoxy) is 1. The summed E-state index contributed by atoms with van der Waals surface area (Å²) in [6, 6.07) is 4.16. The Labute approximate surface area is 135 Å². The van der Waals surface area contributed by atoms with E-state index in [1.165, 1.54) is 29.2 Å². The highest BCUT2D eigenvalue weighted by Gasteiger charge is 2.51. The fraction of sp³-hybridized carbons (Fsp3) is 0.286. The lowest BCUT2D eigenvalue weighted by Gasteiger charge is -2.48. The van der Waals surface area contributed by atoms with E-state index in [-0.39, 0.29) is 34.1 Å². The number of rotatable bonds is 3. The van der Waals surface area contributed by atoms with E-state index in [1.54, 1.807) is 0 Å². The summed E-state index contributed by atoms with van der Waals surface area (Å²) in [6.45, 7) is 0. The summed E-state index contributed by atoms with van der Waals surface area (Å²) in [5.74, 6) is -1.03. The Morgan fingerprint density at radius 1 is 1.39 bits per heavy atom. The normalized spacial score (nSPS) is 23.2. The fourth-order valence-corrected chi connectivity index (χ4v) is 2.95. The third-order valence-corrected chi connectivity index (χ3v) is 4.25. The highest BCUT2D eigenvalue weighted by atomic mass is 35.5. The van der Waals surface area contributed by atoms with Crippen LogP contribution < -0.4 is 10.5 Å². The molecule has 1 aromatic carbocycles. The Bertz CT molecular complexity index is 730. The molecule has 9 heteroatoms. The van der Waals surface area contributed by atoms with E-state index in [0.717, 1.165) is 0 Å². The number of fused-ring (bicyclic) bond motifs is 1. The Balaban J connectivity index is 1.79. The highest BCUT2D eigenvalue weighted by Crippen LogP contribution is 2.37. The van der Waals surface area contributed by atoms with Gasteiger partial charge in [-0.05, 0) is 25.0 Å². The number of nitrogens with zero attached hydrogens (tertiary/aromatic N) is 2. The van der Waals surface area contributed by atoms with E-state index in [2.05, 4.69) is 0 Å². The van der Waals surface area contributed by atoms with Crippen LogP contribution in [0.2, 0.25) is 0 Å². The summed E-state index contributed by atoms with van der Waals surface area (Å²) in [6.07, 6.45) is 1.04. The first kappa shape index (κ1) is 15.4. The molecule has 3 rings (SSSR count). The number of allylic oxidation sites excluding steroid dienone is 1. The zero-order valence-electron chi connectivity index (χ0n) is 11.8. The fourth-order valence-electron chi connectivity index (χ4n) is 2.68. The van der Waals surface area contributed by atoms with Crippen molar-refractivity contribution in [3.63, 3.8) is 0 Å². The van der Waals surface area contributed by atoms with Crippen molar-refractivity contribution in [2.24, 2.45) is 5.73 Å². The van der Waals surface area contributed by atoms with Crippen LogP contribution in [0.1, 0.15) is 12.8 Å². The zero-order valence-corrected chi connectivity index (χ0v) is 12.5. The number of hydrogen-bond acceptors (Lipinski definition) is 6. The molecule has 23 heavy (non-hydrogen) atoms. The Kier molecular flexibility index (Phi) is 3.78. The van der Waals surface area contributed by atoms with Crippen LogP contribution in [0.3, 0.4) is 0 Å². The number of esters is 1. The van der Waals surface area contributed by atoms with Crippen molar-refractivity contribution in [2.45, 2.75) is 24.9 Å². The van der Waals surface area contributed by atoms with Gasteiger partial charge in [0, 0.05) is 17.2 Å². The van der Waals surface area contributed by atoms with Crippen molar-refractivity contribution in [3.8, 4) is 5.75 Å². The maximum absolute atomic E-state index is 12.3. The van der Waals surface area contributed by atoms with Gasteiger partial charge in [-0.1, -0.05) is 11.6 Å². The number of β-lactam (4-membered cyclic amide) rings is 1. The van der Waals surface area contributed by atoms with Crippen molar-refractivity contribution in [3.05, 3.63) is 45.1 Å². The molecule has 0 aromatic heterocycles. The van der Waals surface area contributed by atoms with Crippen LogP contribution in [0.25, 0.3) is 0 Å². The molecule has 2 heterocycles. The van der Waals surface area contributed by atoms with Gasteiger partial charge in [0.05, 0.1) is 11.0 Å². The number of amides is 1. The number of carbonyl (C=O) groups excluding carboxylic acids is 2. The molecule has 2 aliphatic rings. The largest absolute Gasteiger partial charge is 0.422 e. The Hall–Kier alpha value is -2.45. The average Bonchev–Trinajstić information content (AvgIpc) is 2.54. The summed E-state index contributed by atoms with van der Waals surface area (Å²) in [5, 5.41) is 10.8. The first-order chi connectivity index (χ1) is 10.9. The molecule has 2 atom stereocenters. The number of hydrogen-bond donors (Lipinski definition) is 1. The number of non-ortho nitro benzene ring substituents is 1. The summed E-state index contributed by atoms with van der Waals surface area (Å²) in [4.78, 5) is 35.5. The molecule has 2 N–H and O–H groups in total. The lowest BCUT2D eigenvalue weighted by Crippen LogP contribution is -2.69. The van der Waals surface area contributed by atoms with Crippen LogP contribution in [-0.2, 0) is 9.59 Å². The summed E-state index contributed by atoms with van der Waals surface area (Å²) in [5.41, 5.74) is 5.58. The molecule has 0 spiro atoms. The van der Waals surface area contributed by atoms with Gasteiger partial charge in [-0.3, -0.25) is 19.8 Å². The predicted molar refractivity (Wildman–Crippen MR) is 79.5 cm³/mol. The van der Waals surface area contributed by atoms with Crippen molar-refractivity contribution >= 4 is 29.2 Å². The Morgan fingerprint density at radius 3 is 2.65 bits per heavy atom. The van der Waals surface area contributed by atoms with Crippen LogP contribution in [0.5, 0.6) is 5.75 Å². The first-order valence-electron chi connectivity index (χ1n) is 6.84. The van der Waals surface area contributed by atoms with Gasteiger partial charge in [-0.15, -0.1) is 0 Å². The van der Waals surface area contributed by atoms with Crippen molar-refractivity contribution in [1.29, 1.82) is 0 Å². The first-order valence-corrected chi connectivity index (χ1v) is 7.22. The van der Waals surface area contributed by atoms with Gasteiger partial charge in [0.2, 0.25) is 5.91 Å².